The number of imide groups is 1. The first-order valence-electron chi connectivity index (χ1n) is 13.1. The van der Waals surface area contributed by atoms with Gasteiger partial charge in [0.15, 0.2) is 5.88 Å². The Balaban J connectivity index is 1.41. The number of amides is 4. The van der Waals surface area contributed by atoms with Gasteiger partial charge in [0, 0.05) is 48.1 Å². The summed E-state index contributed by atoms with van der Waals surface area (Å²) in [6, 6.07) is 18.0. The third kappa shape index (κ3) is 5.20. The van der Waals surface area contributed by atoms with Gasteiger partial charge in [0.1, 0.15) is 5.70 Å². The van der Waals surface area contributed by atoms with Crippen molar-refractivity contribution in [2.45, 2.75) is 19.4 Å². The quantitative estimate of drug-likeness (QED) is 0.0859. The molecule has 210 valence electrons. The Labute approximate surface area is 238 Å². The lowest BCUT2D eigenvalue weighted by molar-refractivity contribution is -0.384. The van der Waals surface area contributed by atoms with Gasteiger partial charge in [-0.15, -0.1) is 0 Å². The SMILES string of the molecule is O=C1NC(=O)/C(=C/c2ccc(N=C(c3ccc(CN4CCCC4=O)cc3)c3c(O)[nH]c4ccc([N+](=O)[O-])cc34)cc2)N1. The van der Waals surface area contributed by atoms with Crippen LogP contribution in [0.25, 0.3) is 17.0 Å². The Bertz CT molecular complexity index is 1820. The minimum atomic E-state index is -0.589. The summed E-state index contributed by atoms with van der Waals surface area (Å²) in [4.78, 5) is 55.9. The van der Waals surface area contributed by atoms with Crippen LogP contribution < -0.4 is 10.6 Å². The van der Waals surface area contributed by atoms with Crippen molar-refractivity contribution in [2.24, 2.45) is 4.99 Å². The van der Waals surface area contributed by atoms with E-state index in [9.17, 15) is 29.6 Å². The minimum absolute atomic E-state index is 0.123. The van der Waals surface area contributed by atoms with E-state index in [0.29, 0.717) is 52.0 Å². The molecular formula is C30H24N6O6. The fourth-order valence-corrected chi connectivity index (χ4v) is 5.07. The number of hydrogen-bond acceptors (Lipinski definition) is 7. The van der Waals surface area contributed by atoms with Gasteiger partial charge in [0.2, 0.25) is 5.91 Å². The average Bonchev–Trinajstić information content (AvgIpc) is 3.63. The number of nitrogens with zero attached hydrogens (tertiary/aromatic N) is 3. The lowest BCUT2D eigenvalue weighted by atomic mass is 9.99. The number of aromatic nitrogens is 1. The van der Waals surface area contributed by atoms with Crippen LogP contribution in [0.3, 0.4) is 0 Å². The van der Waals surface area contributed by atoms with Crippen LogP contribution in [0, 0.1) is 10.1 Å². The van der Waals surface area contributed by atoms with Crippen LogP contribution in [-0.2, 0) is 16.1 Å². The summed E-state index contributed by atoms with van der Waals surface area (Å²) >= 11 is 0. The zero-order valence-corrected chi connectivity index (χ0v) is 22.1. The number of non-ortho nitro benzene ring substituents is 1. The Morgan fingerprint density at radius 2 is 1.79 bits per heavy atom. The van der Waals surface area contributed by atoms with Crippen LogP contribution in [0.4, 0.5) is 16.2 Å². The van der Waals surface area contributed by atoms with E-state index in [-0.39, 0.29) is 23.2 Å². The number of aliphatic imine (C=N–C) groups is 1. The molecule has 4 amide bonds. The van der Waals surface area contributed by atoms with Gasteiger partial charge in [-0.05, 0) is 41.8 Å². The second-order valence-electron chi connectivity index (χ2n) is 9.97. The molecule has 6 rings (SSSR count). The number of carbonyl (C=O) groups is 3. The maximum Gasteiger partial charge on any atom is 0.326 e. The van der Waals surface area contributed by atoms with Crippen LogP contribution >= 0.6 is 0 Å². The van der Waals surface area contributed by atoms with Gasteiger partial charge in [-0.1, -0.05) is 36.4 Å². The predicted molar refractivity (Wildman–Crippen MR) is 154 cm³/mol. The molecule has 0 aliphatic carbocycles. The molecule has 0 saturated carbocycles. The highest BCUT2D eigenvalue weighted by Gasteiger charge is 2.24. The molecule has 0 spiro atoms. The Morgan fingerprint density at radius 3 is 2.43 bits per heavy atom. The lowest BCUT2D eigenvalue weighted by Gasteiger charge is -2.16. The van der Waals surface area contributed by atoms with Crippen LogP contribution in [0.15, 0.2) is 77.4 Å². The average molecular weight is 565 g/mol. The number of benzene rings is 3. The van der Waals surface area contributed by atoms with Gasteiger partial charge in [0.25, 0.3) is 11.6 Å². The molecule has 12 heteroatoms. The molecule has 3 aromatic carbocycles. The van der Waals surface area contributed by atoms with Gasteiger partial charge < -0.3 is 20.3 Å². The molecule has 1 aromatic heterocycles. The fraction of sp³-hybridized carbons (Fsp3) is 0.133. The summed E-state index contributed by atoms with van der Waals surface area (Å²) in [5.74, 6) is -0.590. The number of aromatic amines is 1. The molecular weight excluding hydrogens is 540 g/mol. The Hall–Kier alpha value is -5.78. The number of nitrogens with one attached hydrogen (secondary N) is 3. The van der Waals surface area contributed by atoms with Crippen molar-refractivity contribution in [3.63, 3.8) is 0 Å². The zero-order chi connectivity index (χ0) is 29.4. The van der Waals surface area contributed by atoms with E-state index in [4.69, 9.17) is 4.99 Å². The van der Waals surface area contributed by atoms with E-state index in [1.165, 1.54) is 24.3 Å². The van der Waals surface area contributed by atoms with Gasteiger partial charge in [-0.2, -0.15) is 0 Å². The standard InChI is InChI=1S/C30H24N6O6/c37-25-2-1-13-35(25)16-18-3-7-19(8-4-18)27(26-22-15-21(36(41)42)11-12-23(22)32-29(26)39)31-20-9-5-17(6-10-20)14-24-28(38)34-30(40)33-24/h3-12,14-15,32,39H,1-2,13,16H2,(H2,33,34,38,40)/b24-14-,31-27?. The number of hydrogen-bond donors (Lipinski definition) is 4. The van der Waals surface area contributed by atoms with E-state index < -0.39 is 16.9 Å². The van der Waals surface area contributed by atoms with Gasteiger partial charge >= 0.3 is 6.03 Å². The molecule has 2 aliphatic heterocycles. The number of carbonyl (C=O) groups excluding carboxylic acids is 3. The minimum Gasteiger partial charge on any atom is -0.494 e. The lowest BCUT2D eigenvalue weighted by Crippen LogP contribution is -2.23. The van der Waals surface area contributed by atoms with Crippen molar-refractivity contribution in [2.75, 3.05) is 6.54 Å². The smallest absolute Gasteiger partial charge is 0.326 e. The van der Waals surface area contributed by atoms with E-state index in [1.54, 1.807) is 24.3 Å². The van der Waals surface area contributed by atoms with Crippen molar-refractivity contribution < 1.29 is 24.4 Å². The van der Waals surface area contributed by atoms with Crippen LogP contribution in [0.5, 0.6) is 5.88 Å². The predicted octanol–water partition coefficient (Wildman–Crippen LogP) is 4.25. The third-order valence-corrected chi connectivity index (χ3v) is 7.15. The molecule has 3 heterocycles. The zero-order valence-electron chi connectivity index (χ0n) is 22.1. The van der Waals surface area contributed by atoms with Crippen molar-refractivity contribution in [3.05, 3.63) is 105 Å². The van der Waals surface area contributed by atoms with Crippen molar-refractivity contribution >= 4 is 51.9 Å². The molecule has 4 N–H and O–H groups in total. The number of likely N-dealkylation sites (tertiary alicyclic amines) is 1. The highest BCUT2D eigenvalue weighted by atomic mass is 16.6. The van der Waals surface area contributed by atoms with E-state index in [0.717, 1.165) is 18.5 Å². The largest absolute Gasteiger partial charge is 0.494 e. The molecule has 2 saturated heterocycles. The fourth-order valence-electron chi connectivity index (χ4n) is 5.07. The third-order valence-electron chi connectivity index (χ3n) is 7.15. The highest BCUT2D eigenvalue weighted by Crippen LogP contribution is 2.34. The van der Waals surface area contributed by atoms with Crippen molar-refractivity contribution in [1.82, 2.24) is 20.5 Å². The summed E-state index contributed by atoms with van der Waals surface area (Å²) in [6.07, 6.45) is 2.93. The van der Waals surface area contributed by atoms with Gasteiger partial charge in [-0.3, -0.25) is 25.0 Å². The maximum atomic E-state index is 12.1. The highest BCUT2D eigenvalue weighted by molar-refractivity contribution is 6.22. The second-order valence-corrected chi connectivity index (χ2v) is 9.97. The van der Waals surface area contributed by atoms with E-state index >= 15 is 0 Å². The first-order chi connectivity index (χ1) is 20.2. The van der Waals surface area contributed by atoms with Crippen LogP contribution in [-0.4, -0.2) is 50.0 Å². The van der Waals surface area contributed by atoms with Crippen molar-refractivity contribution in [1.29, 1.82) is 0 Å². The Morgan fingerprint density at radius 1 is 1.02 bits per heavy atom. The Kier molecular flexibility index (Phi) is 6.71. The molecule has 0 unspecified atom stereocenters. The first-order valence-corrected chi connectivity index (χ1v) is 13.1. The van der Waals surface area contributed by atoms with Crippen LogP contribution in [0.2, 0.25) is 0 Å². The summed E-state index contributed by atoms with van der Waals surface area (Å²) in [5.41, 5.74) is 3.91. The molecule has 2 aliphatic rings. The number of nitro groups is 1. The van der Waals surface area contributed by atoms with Gasteiger partial charge in [0.05, 0.1) is 21.9 Å². The number of nitro benzene ring substituents is 1. The summed E-state index contributed by atoms with van der Waals surface area (Å²) in [5, 5.41) is 27.5. The van der Waals surface area contributed by atoms with E-state index in [1.807, 2.05) is 29.2 Å². The molecule has 42 heavy (non-hydrogen) atoms. The number of H-pyrrole nitrogens is 1. The molecule has 0 bridgehead atoms. The normalized spacial score (nSPS) is 16.4. The van der Waals surface area contributed by atoms with Crippen LogP contribution in [0.1, 0.15) is 35.1 Å². The first kappa shape index (κ1) is 26.4. The maximum absolute atomic E-state index is 12.1. The molecule has 4 aromatic rings. The number of fused-ring (bicyclic) bond motifs is 1. The summed E-state index contributed by atoms with van der Waals surface area (Å²) in [6.45, 7) is 1.21. The monoisotopic (exact) mass is 564 g/mol. The topological polar surface area (TPSA) is 170 Å². The number of aromatic hydroxyl groups is 1. The number of urea groups is 1. The van der Waals surface area contributed by atoms with E-state index in [2.05, 4.69) is 15.6 Å². The molecule has 0 radical (unpaired) electrons. The van der Waals surface area contributed by atoms with Gasteiger partial charge in [-0.25, -0.2) is 9.79 Å². The summed E-state index contributed by atoms with van der Waals surface area (Å²) in [7, 11) is 0. The number of rotatable bonds is 7. The van der Waals surface area contributed by atoms with Crippen molar-refractivity contribution in [3.8, 4) is 5.88 Å². The molecule has 0 atom stereocenters. The molecule has 12 nitrogen and oxygen atoms in total. The second kappa shape index (κ2) is 10.7. The summed E-state index contributed by atoms with van der Waals surface area (Å²) < 4.78 is 0. The molecule has 2 fully saturated rings.